The predicted molar refractivity (Wildman–Crippen MR) is 134 cm³/mol. The Balaban J connectivity index is 1.35. The van der Waals surface area contributed by atoms with Crippen LogP contribution in [0.2, 0.25) is 5.02 Å². The maximum atomic E-state index is 14.2. The van der Waals surface area contributed by atoms with E-state index in [9.17, 15) is 22.0 Å². The van der Waals surface area contributed by atoms with Gasteiger partial charge in [0.15, 0.2) is 5.13 Å². The summed E-state index contributed by atoms with van der Waals surface area (Å²) in [7, 11) is -4.15. The minimum Gasteiger partial charge on any atom is -0.376 e. The number of rotatable bonds is 6. The van der Waals surface area contributed by atoms with Crippen molar-refractivity contribution in [3.05, 3.63) is 53.1 Å². The van der Waals surface area contributed by atoms with E-state index in [1.54, 1.807) is 11.0 Å². The Bertz CT molecular complexity index is 1390. The number of anilines is 1. The van der Waals surface area contributed by atoms with Gasteiger partial charge in [-0.3, -0.25) is 9.69 Å². The molecule has 0 N–H and O–H groups in total. The fourth-order valence-electron chi connectivity index (χ4n) is 4.66. The Morgan fingerprint density at radius 2 is 1.97 bits per heavy atom. The summed E-state index contributed by atoms with van der Waals surface area (Å²) in [5.74, 6) is -2.56. The second kappa shape index (κ2) is 10.3. The van der Waals surface area contributed by atoms with Crippen LogP contribution >= 0.6 is 22.9 Å². The van der Waals surface area contributed by atoms with Crippen LogP contribution in [-0.2, 0) is 19.6 Å². The van der Waals surface area contributed by atoms with Crippen LogP contribution in [-0.4, -0.2) is 56.0 Å². The summed E-state index contributed by atoms with van der Waals surface area (Å²) in [5.41, 5.74) is 0.631. The molecule has 0 aliphatic carbocycles. The zero-order valence-corrected chi connectivity index (χ0v) is 21.6. The number of aromatic nitrogens is 1. The first kappa shape index (κ1) is 25.5. The van der Waals surface area contributed by atoms with Gasteiger partial charge in [-0.15, -0.1) is 0 Å². The molecule has 1 aromatic heterocycles. The first-order valence-electron chi connectivity index (χ1n) is 11.7. The molecule has 12 heteroatoms. The van der Waals surface area contributed by atoms with Crippen LogP contribution in [0.15, 0.2) is 41.3 Å². The van der Waals surface area contributed by atoms with E-state index in [-0.39, 0.29) is 37.9 Å². The molecule has 1 amide bonds. The minimum atomic E-state index is -4.15. The second-order valence-corrected chi connectivity index (χ2v) is 12.2. The van der Waals surface area contributed by atoms with Gasteiger partial charge >= 0.3 is 0 Å². The lowest BCUT2D eigenvalue weighted by Gasteiger charge is -2.33. The monoisotopic (exact) mass is 555 g/mol. The highest BCUT2D eigenvalue weighted by atomic mass is 35.5. The number of halogens is 3. The smallest absolute Gasteiger partial charge is 0.245 e. The standard InChI is InChI=1S/C24H24ClF2N3O4S2/c25-18-4-1-5-20-22(18)28-24(35-20)30(14-17-3-2-12-34-17)23(31)15-8-10-29(11-9-15)36(32,33)21-7-6-16(26)13-19(21)27/h1,4-7,13,15,17H,2-3,8-12,14H2. The van der Waals surface area contributed by atoms with E-state index in [4.69, 9.17) is 16.3 Å². The van der Waals surface area contributed by atoms with E-state index < -0.39 is 32.5 Å². The number of benzene rings is 2. The molecule has 2 aliphatic heterocycles. The Hall–Kier alpha value is -2.18. The highest BCUT2D eigenvalue weighted by Gasteiger charge is 2.37. The lowest BCUT2D eigenvalue weighted by molar-refractivity contribution is -0.123. The second-order valence-electron chi connectivity index (χ2n) is 8.92. The summed E-state index contributed by atoms with van der Waals surface area (Å²) in [6.07, 6.45) is 2.21. The van der Waals surface area contributed by atoms with Crippen molar-refractivity contribution in [1.82, 2.24) is 9.29 Å². The van der Waals surface area contributed by atoms with Gasteiger partial charge in [0.25, 0.3) is 0 Å². The number of hydrogen-bond donors (Lipinski definition) is 0. The number of fused-ring (bicyclic) bond motifs is 1. The number of amides is 1. The largest absolute Gasteiger partial charge is 0.376 e. The van der Waals surface area contributed by atoms with Crippen LogP contribution in [0.3, 0.4) is 0 Å². The molecule has 36 heavy (non-hydrogen) atoms. The number of carbonyl (C=O) groups excluding carboxylic acids is 1. The molecule has 0 spiro atoms. The van der Waals surface area contributed by atoms with Crippen LogP contribution in [0.5, 0.6) is 0 Å². The fraction of sp³-hybridized carbons (Fsp3) is 0.417. The number of para-hydroxylation sites is 1. The van der Waals surface area contributed by atoms with E-state index in [1.807, 2.05) is 12.1 Å². The summed E-state index contributed by atoms with van der Waals surface area (Å²) in [6, 6.07) is 7.88. The van der Waals surface area contributed by atoms with Crippen molar-refractivity contribution < 1.29 is 26.7 Å². The molecule has 2 fully saturated rings. The molecule has 192 valence electrons. The van der Waals surface area contributed by atoms with E-state index >= 15 is 0 Å². The van der Waals surface area contributed by atoms with Gasteiger partial charge in [0.1, 0.15) is 22.0 Å². The normalized spacial score (nSPS) is 19.7. The van der Waals surface area contributed by atoms with Crippen molar-refractivity contribution in [2.24, 2.45) is 5.92 Å². The Kier molecular flexibility index (Phi) is 7.28. The van der Waals surface area contributed by atoms with Crippen molar-refractivity contribution >= 4 is 54.2 Å². The van der Waals surface area contributed by atoms with E-state index in [2.05, 4.69) is 4.98 Å². The number of nitrogens with zero attached hydrogens (tertiary/aromatic N) is 3. The zero-order chi connectivity index (χ0) is 25.4. The van der Waals surface area contributed by atoms with Gasteiger partial charge in [-0.25, -0.2) is 22.2 Å². The molecule has 7 nitrogen and oxygen atoms in total. The quantitative estimate of drug-likeness (QED) is 0.435. The maximum Gasteiger partial charge on any atom is 0.245 e. The highest BCUT2D eigenvalue weighted by Crippen LogP contribution is 2.35. The van der Waals surface area contributed by atoms with Crippen LogP contribution in [0.25, 0.3) is 10.2 Å². The van der Waals surface area contributed by atoms with Gasteiger partial charge in [0.2, 0.25) is 15.9 Å². The van der Waals surface area contributed by atoms with E-state index in [0.29, 0.717) is 34.9 Å². The third-order valence-corrected chi connectivity index (χ3v) is 9.86. The van der Waals surface area contributed by atoms with E-state index in [1.165, 1.54) is 11.3 Å². The van der Waals surface area contributed by atoms with Crippen molar-refractivity contribution in [3.63, 3.8) is 0 Å². The molecule has 0 radical (unpaired) electrons. The molecule has 5 rings (SSSR count). The Labute approximate surface area is 216 Å². The lowest BCUT2D eigenvalue weighted by Crippen LogP contribution is -2.46. The van der Waals surface area contributed by atoms with Gasteiger partial charge in [0, 0.05) is 31.7 Å². The lowest BCUT2D eigenvalue weighted by atomic mass is 9.96. The SMILES string of the molecule is O=C(C1CCN(S(=O)(=O)c2ccc(F)cc2F)CC1)N(CC1CCCO1)c1nc2c(Cl)cccc2s1. The van der Waals surface area contributed by atoms with Crippen molar-refractivity contribution in [3.8, 4) is 0 Å². The average molecular weight is 556 g/mol. The Morgan fingerprint density at radius 1 is 1.19 bits per heavy atom. The molecule has 1 unspecified atom stereocenters. The number of sulfonamides is 1. The molecule has 3 aromatic rings. The number of carbonyl (C=O) groups is 1. The van der Waals surface area contributed by atoms with Gasteiger partial charge < -0.3 is 4.74 Å². The first-order chi connectivity index (χ1) is 17.2. The number of ether oxygens (including phenoxy) is 1. The molecular formula is C24H24ClF2N3O4S2. The van der Waals surface area contributed by atoms with Crippen molar-refractivity contribution in [1.29, 1.82) is 0 Å². The molecular weight excluding hydrogens is 532 g/mol. The Morgan fingerprint density at radius 3 is 2.64 bits per heavy atom. The molecule has 1 atom stereocenters. The molecule has 2 aliphatic rings. The third-order valence-electron chi connectivity index (χ3n) is 6.58. The highest BCUT2D eigenvalue weighted by molar-refractivity contribution is 7.89. The van der Waals surface area contributed by atoms with Crippen LogP contribution < -0.4 is 4.90 Å². The molecule has 2 aromatic carbocycles. The van der Waals surface area contributed by atoms with Crippen LogP contribution in [0.4, 0.5) is 13.9 Å². The molecule has 0 saturated carbocycles. The minimum absolute atomic E-state index is 0.0506. The van der Waals surface area contributed by atoms with Gasteiger partial charge in [-0.05, 0) is 49.9 Å². The summed E-state index contributed by atoms with van der Waals surface area (Å²) in [4.78, 5) is 19.4. The van der Waals surface area contributed by atoms with Gasteiger partial charge in [-0.1, -0.05) is 29.0 Å². The zero-order valence-electron chi connectivity index (χ0n) is 19.2. The van der Waals surface area contributed by atoms with Crippen LogP contribution in [0.1, 0.15) is 25.7 Å². The van der Waals surface area contributed by atoms with Crippen molar-refractivity contribution in [2.45, 2.75) is 36.7 Å². The molecule has 3 heterocycles. The number of hydrogen-bond acceptors (Lipinski definition) is 6. The first-order valence-corrected chi connectivity index (χ1v) is 14.3. The average Bonchev–Trinajstić information content (AvgIpc) is 3.52. The predicted octanol–water partition coefficient (Wildman–Crippen LogP) is 4.84. The topological polar surface area (TPSA) is 79.8 Å². The number of piperidine rings is 1. The summed E-state index contributed by atoms with van der Waals surface area (Å²) >= 11 is 7.68. The number of thiazole rings is 1. The van der Waals surface area contributed by atoms with Gasteiger partial charge in [-0.2, -0.15) is 4.31 Å². The summed E-state index contributed by atoms with van der Waals surface area (Å²) in [6.45, 7) is 1.11. The molecule has 0 bridgehead atoms. The van der Waals surface area contributed by atoms with Crippen molar-refractivity contribution in [2.75, 3.05) is 31.1 Å². The fourth-order valence-corrected chi connectivity index (χ4v) is 7.46. The maximum absolute atomic E-state index is 14.2. The van der Waals surface area contributed by atoms with E-state index in [0.717, 1.165) is 34.0 Å². The van der Waals surface area contributed by atoms with Crippen LogP contribution in [0, 0.1) is 17.6 Å². The molecule has 2 saturated heterocycles. The third kappa shape index (κ3) is 4.99. The summed E-state index contributed by atoms with van der Waals surface area (Å²) < 4.78 is 61.1. The summed E-state index contributed by atoms with van der Waals surface area (Å²) in [5, 5.41) is 1.04. The van der Waals surface area contributed by atoms with Gasteiger partial charge in [0.05, 0.1) is 22.4 Å².